The summed E-state index contributed by atoms with van der Waals surface area (Å²) in [5.74, 6) is 0.807. The summed E-state index contributed by atoms with van der Waals surface area (Å²) >= 11 is 0. The Kier molecular flexibility index (Phi) is 3.06. The lowest BCUT2D eigenvalue weighted by molar-refractivity contribution is 1.22. The largest absolute Gasteiger partial charge is 0.292 e. The molecule has 3 aromatic heterocycles. The van der Waals surface area contributed by atoms with Crippen LogP contribution in [-0.4, -0.2) is 14.4 Å². The van der Waals surface area contributed by atoms with Crippen molar-refractivity contribution < 1.29 is 4.11 Å². The Hall–Kier alpha value is -3.98. The summed E-state index contributed by atoms with van der Waals surface area (Å²) in [4.78, 5) is 9.48. The number of rotatable bonds is 2. The maximum absolute atomic E-state index is 8.22. The molecule has 142 valence electrons. The van der Waals surface area contributed by atoms with E-state index >= 15 is 0 Å². The predicted molar refractivity (Wildman–Crippen MR) is 124 cm³/mol. The van der Waals surface area contributed by atoms with E-state index in [1.165, 1.54) is 6.20 Å². The van der Waals surface area contributed by atoms with Crippen molar-refractivity contribution in [3.05, 3.63) is 103 Å². The molecule has 0 aliphatic heterocycles. The third-order valence-electron chi connectivity index (χ3n) is 5.59. The lowest BCUT2D eigenvalue weighted by Crippen LogP contribution is -1.97. The molecule has 0 bridgehead atoms. The summed E-state index contributed by atoms with van der Waals surface area (Å²) < 4.78 is 26.8. The highest BCUT2D eigenvalue weighted by atomic mass is 15.0. The Labute approximate surface area is 178 Å². The zero-order valence-electron chi connectivity index (χ0n) is 19.1. The summed E-state index contributed by atoms with van der Waals surface area (Å²) in [6, 6.07) is 27.8. The number of para-hydroxylation sites is 1. The van der Waals surface area contributed by atoms with Gasteiger partial charge in [0, 0.05) is 26.6 Å². The van der Waals surface area contributed by atoms with Gasteiger partial charge in [0.05, 0.1) is 22.7 Å². The first-order valence-electron chi connectivity index (χ1n) is 11.4. The quantitative estimate of drug-likeness (QED) is 0.310. The minimum absolute atomic E-state index is 0.237. The fourth-order valence-electron chi connectivity index (χ4n) is 4.30. The summed E-state index contributed by atoms with van der Waals surface area (Å²) in [5, 5.41) is 1.74. The van der Waals surface area contributed by atoms with Crippen LogP contribution < -0.4 is 0 Å². The SMILES string of the molecule is [2H]C([2H])([2H])c1cnc2c3ccccc3n3c(-c4ccccc4)ncc3c2c1-c1ccccc1. The van der Waals surface area contributed by atoms with Crippen molar-refractivity contribution in [3.8, 4) is 22.5 Å². The standard InChI is InChI=1S/C27H19N3/c1-18-16-28-26-21-14-8-9-15-22(21)30-23(17-29-27(30)20-12-6-3-7-13-20)25(26)24(18)19-10-4-2-5-11-19/h2-17H,1H3/i1D3. The third kappa shape index (κ3) is 2.39. The summed E-state index contributed by atoms with van der Waals surface area (Å²) in [6.07, 6.45) is 3.34. The number of aromatic nitrogens is 3. The number of hydrogen-bond donors (Lipinski definition) is 0. The molecule has 6 rings (SSSR count). The lowest BCUT2D eigenvalue weighted by atomic mass is 9.95. The van der Waals surface area contributed by atoms with Crippen molar-refractivity contribution in [2.24, 2.45) is 0 Å². The van der Waals surface area contributed by atoms with Crippen LogP contribution in [0.4, 0.5) is 0 Å². The van der Waals surface area contributed by atoms with E-state index in [-0.39, 0.29) is 5.56 Å². The van der Waals surface area contributed by atoms with Gasteiger partial charge in [-0.3, -0.25) is 9.38 Å². The van der Waals surface area contributed by atoms with E-state index in [1.54, 1.807) is 0 Å². The number of benzene rings is 3. The van der Waals surface area contributed by atoms with Gasteiger partial charge in [-0.2, -0.15) is 0 Å². The first kappa shape index (κ1) is 14.1. The molecular formula is C27H19N3. The van der Waals surface area contributed by atoms with Crippen molar-refractivity contribution in [2.75, 3.05) is 0 Å². The number of aryl methyl sites for hydroxylation is 1. The fraction of sp³-hybridized carbons (Fsp3) is 0.0370. The minimum atomic E-state index is -2.31. The fourth-order valence-corrected chi connectivity index (χ4v) is 4.30. The van der Waals surface area contributed by atoms with Gasteiger partial charge in [-0.1, -0.05) is 78.9 Å². The van der Waals surface area contributed by atoms with Crippen LogP contribution in [-0.2, 0) is 0 Å². The van der Waals surface area contributed by atoms with E-state index in [0.29, 0.717) is 5.56 Å². The van der Waals surface area contributed by atoms with Crippen LogP contribution in [0.1, 0.15) is 9.68 Å². The molecule has 3 heterocycles. The van der Waals surface area contributed by atoms with E-state index in [0.717, 1.165) is 44.3 Å². The van der Waals surface area contributed by atoms with Crippen molar-refractivity contribution in [3.63, 3.8) is 0 Å². The molecular weight excluding hydrogens is 366 g/mol. The van der Waals surface area contributed by atoms with Gasteiger partial charge in [0.2, 0.25) is 0 Å². The molecule has 0 radical (unpaired) electrons. The Bertz CT molecular complexity index is 1640. The predicted octanol–water partition coefficient (Wildman–Crippen LogP) is 6.68. The van der Waals surface area contributed by atoms with E-state index < -0.39 is 6.85 Å². The topological polar surface area (TPSA) is 30.2 Å². The average Bonchev–Trinajstić information content (AvgIpc) is 3.29. The zero-order valence-corrected chi connectivity index (χ0v) is 16.1. The van der Waals surface area contributed by atoms with Gasteiger partial charge in [-0.15, -0.1) is 0 Å². The Morgan fingerprint density at radius 3 is 2.17 bits per heavy atom. The summed E-state index contributed by atoms with van der Waals surface area (Å²) in [7, 11) is 0. The molecule has 6 aromatic rings. The van der Waals surface area contributed by atoms with Gasteiger partial charge < -0.3 is 0 Å². The lowest BCUT2D eigenvalue weighted by Gasteiger charge is -2.15. The van der Waals surface area contributed by atoms with Gasteiger partial charge in [-0.05, 0) is 29.6 Å². The molecule has 0 aliphatic rings. The van der Waals surface area contributed by atoms with Gasteiger partial charge in [0.25, 0.3) is 0 Å². The average molecular weight is 388 g/mol. The molecule has 3 nitrogen and oxygen atoms in total. The second kappa shape index (κ2) is 6.53. The molecule has 0 N–H and O–H groups in total. The van der Waals surface area contributed by atoms with Crippen LogP contribution in [0.5, 0.6) is 0 Å². The molecule has 30 heavy (non-hydrogen) atoms. The second-order valence-electron chi connectivity index (χ2n) is 7.32. The minimum Gasteiger partial charge on any atom is -0.292 e. The smallest absolute Gasteiger partial charge is 0.145 e. The first-order valence-corrected chi connectivity index (χ1v) is 9.86. The maximum atomic E-state index is 8.22. The van der Waals surface area contributed by atoms with Crippen LogP contribution in [0.25, 0.3) is 49.8 Å². The molecule has 3 heteroatoms. The van der Waals surface area contributed by atoms with E-state index in [2.05, 4.69) is 10.5 Å². The third-order valence-corrected chi connectivity index (χ3v) is 5.59. The Balaban J connectivity index is 1.88. The molecule has 3 aromatic carbocycles. The number of hydrogen-bond acceptors (Lipinski definition) is 2. The van der Waals surface area contributed by atoms with E-state index in [9.17, 15) is 0 Å². The van der Waals surface area contributed by atoms with Crippen molar-refractivity contribution in [1.29, 1.82) is 0 Å². The Morgan fingerprint density at radius 1 is 0.700 bits per heavy atom. The van der Waals surface area contributed by atoms with Crippen LogP contribution in [0, 0.1) is 6.85 Å². The van der Waals surface area contributed by atoms with E-state index in [4.69, 9.17) is 14.1 Å². The van der Waals surface area contributed by atoms with Gasteiger partial charge in [0.15, 0.2) is 0 Å². The molecule has 0 aliphatic carbocycles. The summed E-state index contributed by atoms with van der Waals surface area (Å²) in [6.45, 7) is -2.31. The monoisotopic (exact) mass is 388 g/mol. The number of nitrogens with zero attached hydrogens (tertiary/aromatic N) is 3. The van der Waals surface area contributed by atoms with E-state index in [1.807, 2.05) is 85.1 Å². The summed E-state index contributed by atoms with van der Waals surface area (Å²) in [5.41, 5.74) is 5.32. The van der Waals surface area contributed by atoms with Crippen LogP contribution in [0.2, 0.25) is 0 Å². The first-order chi connectivity index (χ1) is 16.0. The van der Waals surface area contributed by atoms with Crippen molar-refractivity contribution >= 4 is 27.3 Å². The highest BCUT2D eigenvalue weighted by molar-refractivity contribution is 6.16. The molecule has 0 unspecified atom stereocenters. The van der Waals surface area contributed by atoms with Crippen molar-refractivity contribution in [1.82, 2.24) is 14.4 Å². The van der Waals surface area contributed by atoms with Crippen LogP contribution in [0.15, 0.2) is 97.3 Å². The van der Waals surface area contributed by atoms with Gasteiger partial charge >= 0.3 is 0 Å². The maximum Gasteiger partial charge on any atom is 0.145 e. The molecule has 0 saturated heterocycles. The number of imidazole rings is 1. The van der Waals surface area contributed by atoms with Gasteiger partial charge in [-0.25, -0.2) is 4.98 Å². The highest BCUT2D eigenvalue weighted by Gasteiger charge is 2.19. The molecule has 0 amide bonds. The van der Waals surface area contributed by atoms with Crippen LogP contribution >= 0.6 is 0 Å². The molecule has 0 saturated carbocycles. The highest BCUT2D eigenvalue weighted by Crippen LogP contribution is 2.38. The zero-order chi connectivity index (χ0) is 22.6. The number of fused-ring (bicyclic) bond motifs is 6. The van der Waals surface area contributed by atoms with Crippen molar-refractivity contribution in [2.45, 2.75) is 6.85 Å². The number of pyridine rings is 2. The van der Waals surface area contributed by atoms with Crippen LogP contribution in [0.3, 0.4) is 0 Å². The second-order valence-corrected chi connectivity index (χ2v) is 7.32. The molecule has 0 atom stereocenters. The molecule has 0 spiro atoms. The normalized spacial score (nSPS) is 13.4. The Morgan fingerprint density at radius 2 is 1.40 bits per heavy atom. The van der Waals surface area contributed by atoms with Gasteiger partial charge in [0.1, 0.15) is 5.82 Å². The molecule has 0 fully saturated rings.